The topological polar surface area (TPSA) is 95.3 Å². The number of nitrogens with zero attached hydrogens (tertiary/aromatic N) is 3. The molecule has 0 bridgehead atoms. The predicted molar refractivity (Wildman–Crippen MR) is 133 cm³/mol. The van der Waals surface area contributed by atoms with Gasteiger partial charge in [0.2, 0.25) is 0 Å². The molecule has 1 saturated carbocycles. The molecule has 1 aliphatic rings. The molecule has 4 rings (SSSR count). The Bertz CT molecular complexity index is 1180. The first kappa shape index (κ1) is 24.6. The van der Waals surface area contributed by atoms with Crippen molar-refractivity contribution in [1.29, 1.82) is 0 Å². The molecule has 1 N–H and O–H groups in total. The van der Waals surface area contributed by atoms with Gasteiger partial charge in [-0.2, -0.15) is 5.10 Å². The Morgan fingerprint density at radius 2 is 1.80 bits per heavy atom. The van der Waals surface area contributed by atoms with Gasteiger partial charge in [0, 0.05) is 7.11 Å². The number of hydrogen-bond acceptors (Lipinski definition) is 6. The van der Waals surface area contributed by atoms with Gasteiger partial charge in [-0.05, 0) is 70.7 Å². The lowest BCUT2D eigenvalue weighted by Crippen LogP contribution is -2.43. The number of methoxy groups -OCH3 is 1. The van der Waals surface area contributed by atoms with Crippen LogP contribution < -0.4 is 5.32 Å². The fourth-order valence-electron chi connectivity index (χ4n) is 4.68. The highest BCUT2D eigenvalue weighted by molar-refractivity contribution is 6.04. The van der Waals surface area contributed by atoms with E-state index in [1.165, 1.54) is 0 Å². The molecule has 2 aromatic heterocycles. The van der Waals surface area contributed by atoms with Crippen molar-refractivity contribution in [3.8, 4) is 5.69 Å². The molecule has 0 radical (unpaired) electrons. The van der Waals surface area contributed by atoms with E-state index in [0.717, 1.165) is 29.8 Å². The second-order valence-electron chi connectivity index (χ2n) is 9.01. The SMILES string of the molecule is CCOC(=O)[C@]1(c2ccc(NC(=O)c3cnn(-c4ccc(C)cc4)c3C)cn2)CC[C@H](OC)CC1. The van der Waals surface area contributed by atoms with Gasteiger partial charge in [0.05, 0.1) is 53.4 Å². The molecule has 1 amide bonds. The lowest BCUT2D eigenvalue weighted by Gasteiger charge is -2.37. The number of benzene rings is 1. The van der Waals surface area contributed by atoms with Crippen molar-refractivity contribution in [2.24, 2.45) is 0 Å². The Hall–Kier alpha value is -3.52. The average molecular weight is 477 g/mol. The highest BCUT2D eigenvalue weighted by Gasteiger charge is 2.45. The monoisotopic (exact) mass is 476 g/mol. The molecule has 0 saturated heterocycles. The van der Waals surface area contributed by atoms with Gasteiger partial charge in [0.15, 0.2) is 0 Å². The fraction of sp³-hybridized carbons (Fsp3) is 0.407. The van der Waals surface area contributed by atoms with Gasteiger partial charge in [-0.1, -0.05) is 17.7 Å². The Kier molecular flexibility index (Phi) is 7.31. The minimum absolute atomic E-state index is 0.139. The molecule has 2 heterocycles. The number of amides is 1. The molecule has 0 atom stereocenters. The zero-order valence-electron chi connectivity index (χ0n) is 20.7. The van der Waals surface area contributed by atoms with Crippen LogP contribution in [0.5, 0.6) is 0 Å². The summed E-state index contributed by atoms with van der Waals surface area (Å²) in [5.41, 5.74) is 3.69. The Balaban J connectivity index is 1.51. The van der Waals surface area contributed by atoms with E-state index in [1.54, 1.807) is 37.2 Å². The number of anilines is 1. The lowest BCUT2D eigenvalue weighted by atomic mass is 9.70. The summed E-state index contributed by atoms with van der Waals surface area (Å²) in [5, 5.41) is 7.29. The number of nitrogens with one attached hydrogen (secondary N) is 1. The van der Waals surface area contributed by atoms with Crippen LogP contribution in [0.2, 0.25) is 0 Å². The van der Waals surface area contributed by atoms with Crippen molar-refractivity contribution in [3.63, 3.8) is 0 Å². The van der Waals surface area contributed by atoms with Crippen LogP contribution in [0.1, 0.15) is 59.9 Å². The van der Waals surface area contributed by atoms with Crippen LogP contribution in [0.25, 0.3) is 5.69 Å². The highest BCUT2D eigenvalue weighted by atomic mass is 16.5. The van der Waals surface area contributed by atoms with Crippen LogP contribution in [-0.2, 0) is 19.7 Å². The summed E-state index contributed by atoms with van der Waals surface area (Å²) in [6, 6.07) is 11.5. The van der Waals surface area contributed by atoms with Gasteiger partial charge >= 0.3 is 5.97 Å². The summed E-state index contributed by atoms with van der Waals surface area (Å²) >= 11 is 0. The second kappa shape index (κ2) is 10.4. The molecule has 1 aromatic carbocycles. The number of carbonyl (C=O) groups is 2. The first-order valence-electron chi connectivity index (χ1n) is 12.0. The van der Waals surface area contributed by atoms with Crippen LogP contribution in [0.3, 0.4) is 0 Å². The minimum atomic E-state index is -0.792. The summed E-state index contributed by atoms with van der Waals surface area (Å²) < 4.78 is 12.6. The normalized spacial score (nSPS) is 19.8. The summed E-state index contributed by atoms with van der Waals surface area (Å²) in [5.74, 6) is -0.519. The number of aromatic nitrogens is 3. The summed E-state index contributed by atoms with van der Waals surface area (Å²) in [7, 11) is 1.70. The zero-order chi connectivity index (χ0) is 25.0. The third-order valence-electron chi connectivity index (χ3n) is 6.83. The van der Waals surface area contributed by atoms with Crippen LogP contribution in [0.15, 0.2) is 48.8 Å². The van der Waals surface area contributed by atoms with E-state index in [2.05, 4.69) is 15.4 Å². The zero-order valence-corrected chi connectivity index (χ0v) is 20.7. The molecule has 0 spiro atoms. The van der Waals surface area contributed by atoms with Gasteiger partial charge in [-0.3, -0.25) is 14.6 Å². The molecule has 35 heavy (non-hydrogen) atoms. The molecule has 1 aliphatic carbocycles. The number of rotatable bonds is 7. The number of aryl methyl sites for hydroxylation is 1. The standard InChI is InChI=1S/C27H32N4O4/c1-5-35-26(33)27(14-12-22(34-4)13-15-27)24-11-8-20(16-28-24)30-25(32)23-17-29-31(19(23)3)21-9-6-18(2)7-10-21/h6-11,16-17,22H,5,12-15H2,1-4H3,(H,30,32)/t22-,27+. The number of ether oxygens (including phenoxy) is 2. The summed E-state index contributed by atoms with van der Waals surface area (Å²) in [6.07, 6.45) is 6.05. The molecule has 184 valence electrons. The molecule has 8 nitrogen and oxygen atoms in total. The maximum absolute atomic E-state index is 13.0. The van der Waals surface area contributed by atoms with Gasteiger partial charge in [-0.25, -0.2) is 4.68 Å². The first-order valence-corrected chi connectivity index (χ1v) is 12.0. The second-order valence-corrected chi connectivity index (χ2v) is 9.01. The van der Waals surface area contributed by atoms with E-state index >= 15 is 0 Å². The van der Waals surface area contributed by atoms with Gasteiger partial charge < -0.3 is 14.8 Å². The van der Waals surface area contributed by atoms with Crippen molar-refractivity contribution in [2.45, 2.75) is 58.0 Å². The Morgan fingerprint density at radius 3 is 2.40 bits per heavy atom. The molecular weight excluding hydrogens is 444 g/mol. The van der Waals surface area contributed by atoms with Gasteiger partial charge in [0.1, 0.15) is 5.41 Å². The van der Waals surface area contributed by atoms with Gasteiger partial charge in [0.25, 0.3) is 5.91 Å². The smallest absolute Gasteiger partial charge is 0.318 e. The number of hydrogen-bond donors (Lipinski definition) is 1. The predicted octanol–water partition coefficient (Wildman–Crippen LogP) is 4.53. The summed E-state index contributed by atoms with van der Waals surface area (Å²) in [4.78, 5) is 30.5. The first-order chi connectivity index (χ1) is 16.9. The number of esters is 1. The molecule has 8 heteroatoms. The van der Waals surface area contributed by atoms with Crippen molar-refractivity contribution in [3.05, 3.63) is 71.3 Å². The molecule has 3 aromatic rings. The maximum atomic E-state index is 13.0. The highest BCUT2D eigenvalue weighted by Crippen LogP contribution is 2.40. The molecule has 0 unspecified atom stereocenters. The molecular formula is C27H32N4O4. The van der Waals surface area contributed by atoms with E-state index in [-0.39, 0.29) is 18.0 Å². The van der Waals surface area contributed by atoms with Crippen LogP contribution in [0, 0.1) is 13.8 Å². The van der Waals surface area contributed by atoms with Crippen molar-refractivity contribution in [2.75, 3.05) is 19.0 Å². The van der Waals surface area contributed by atoms with Gasteiger partial charge in [-0.15, -0.1) is 0 Å². The fourth-order valence-corrected chi connectivity index (χ4v) is 4.68. The van der Waals surface area contributed by atoms with Crippen LogP contribution in [0.4, 0.5) is 5.69 Å². The van der Waals surface area contributed by atoms with E-state index in [4.69, 9.17) is 9.47 Å². The van der Waals surface area contributed by atoms with Crippen molar-refractivity contribution < 1.29 is 19.1 Å². The minimum Gasteiger partial charge on any atom is -0.465 e. The van der Waals surface area contributed by atoms with E-state index in [9.17, 15) is 9.59 Å². The Morgan fingerprint density at radius 1 is 1.09 bits per heavy atom. The summed E-state index contributed by atoms with van der Waals surface area (Å²) in [6.45, 7) is 6.01. The van der Waals surface area contributed by atoms with Crippen LogP contribution >= 0.6 is 0 Å². The number of carbonyl (C=O) groups excluding carboxylic acids is 2. The quantitative estimate of drug-likeness (QED) is 0.504. The maximum Gasteiger partial charge on any atom is 0.318 e. The van der Waals surface area contributed by atoms with E-state index in [0.29, 0.717) is 36.4 Å². The van der Waals surface area contributed by atoms with E-state index < -0.39 is 5.41 Å². The number of pyridine rings is 1. The van der Waals surface area contributed by atoms with Crippen LogP contribution in [-0.4, -0.2) is 46.5 Å². The third-order valence-corrected chi connectivity index (χ3v) is 6.83. The lowest BCUT2D eigenvalue weighted by molar-refractivity contribution is -0.153. The Labute approximate surface area is 205 Å². The average Bonchev–Trinajstić information content (AvgIpc) is 3.26. The largest absolute Gasteiger partial charge is 0.465 e. The molecule has 0 aliphatic heterocycles. The molecule has 1 fully saturated rings. The third kappa shape index (κ3) is 4.98. The van der Waals surface area contributed by atoms with Crippen molar-refractivity contribution >= 4 is 17.6 Å². The van der Waals surface area contributed by atoms with E-state index in [1.807, 2.05) is 44.2 Å². The van der Waals surface area contributed by atoms with Crippen molar-refractivity contribution in [1.82, 2.24) is 14.8 Å².